The molecule has 4 rings (SSSR count). The maximum atomic E-state index is 13.9. The Morgan fingerprint density at radius 2 is 1.88 bits per heavy atom. The number of aromatic nitrogens is 3. The Hall–Kier alpha value is -3.72. The van der Waals surface area contributed by atoms with Crippen LogP contribution in [0.3, 0.4) is 0 Å². The van der Waals surface area contributed by atoms with Crippen molar-refractivity contribution in [1.82, 2.24) is 14.8 Å². The number of para-hydroxylation sites is 1. The first-order chi connectivity index (χ1) is 12.7. The highest BCUT2D eigenvalue weighted by Crippen LogP contribution is 2.23. The summed E-state index contributed by atoms with van der Waals surface area (Å²) in [6.07, 6.45) is 3.41. The quantitative estimate of drug-likeness (QED) is 0.602. The molecular weight excluding hydrogens is 329 g/mol. The Kier molecular flexibility index (Phi) is 4.04. The van der Waals surface area contributed by atoms with Gasteiger partial charge in [-0.2, -0.15) is 10.4 Å². The van der Waals surface area contributed by atoms with Gasteiger partial charge in [-0.1, -0.05) is 30.3 Å². The lowest BCUT2D eigenvalue weighted by Crippen LogP contribution is -2.04. The monoisotopic (exact) mass is 343 g/mol. The maximum absolute atomic E-state index is 13.9. The molecule has 0 unspecified atom stereocenters. The first-order valence-corrected chi connectivity index (χ1v) is 8.06. The topological polar surface area (TPSA) is 66.5 Å². The molecule has 0 aliphatic carbocycles. The van der Waals surface area contributed by atoms with E-state index in [0.29, 0.717) is 29.2 Å². The fraction of sp³-hybridized carbons (Fsp3) is 0.0500. The van der Waals surface area contributed by atoms with E-state index >= 15 is 0 Å². The summed E-state index contributed by atoms with van der Waals surface area (Å²) in [5, 5.41) is 17.6. The molecule has 0 aliphatic rings. The zero-order valence-corrected chi connectivity index (χ0v) is 13.7. The smallest absolute Gasteiger partial charge is 0.132 e. The van der Waals surface area contributed by atoms with E-state index in [0.717, 1.165) is 10.9 Å². The normalized spacial score (nSPS) is 10.6. The van der Waals surface area contributed by atoms with Gasteiger partial charge in [-0.05, 0) is 18.2 Å². The van der Waals surface area contributed by atoms with Crippen LogP contribution in [0.2, 0.25) is 0 Å². The summed E-state index contributed by atoms with van der Waals surface area (Å²) < 4.78 is 15.7. The van der Waals surface area contributed by atoms with Crippen LogP contribution in [0.4, 0.5) is 15.9 Å². The van der Waals surface area contributed by atoms with Gasteiger partial charge in [0.05, 0.1) is 29.5 Å². The molecule has 0 amide bonds. The third-order valence-electron chi connectivity index (χ3n) is 4.11. The second-order valence-corrected chi connectivity index (χ2v) is 5.80. The molecule has 4 aromatic rings. The second-order valence-electron chi connectivity index (χ2n) is 5.80. The third kappa shape index (κ3) is 2.98. The van der Waals surface area contributed by atoms with Crippen molar-refractivity contribution in [2.45, 2.75) is 6.54 Å². The van der Waals surface area contributed by atoms with Crippen LogP contribution in [0.25, 0.3) is 10.9 Å². The Morgan fingerprint density at radius 3 is 2.73 bits per heavy atom. The highest BCUT2D eigenvalue weighted by Gasteiger charge is 2.09. The van der Waals surface area contributed by atoms with Gasteiger partial charge in [-0.15, -0.1) is 0 Å². The Morgan fingerprint density at radius 1 is 1.08 bits per heavy atom. The van der Waals surface area contributed by atoms with Gasteiger partial charge in [0.2, 0.25) is 0 Å². The minimum atomic E-state index is -0.258. The molecule has 2 aromatic carbocycles. The summed E-state index contributed by atoms with van der Waals surface area (Å²) in [7, 11) is 0. The Labute approximate surface area is 149 Å². The molecule has 26 heavy (non-hydrogen) atoms. The van der Waals surface area contributed by atoms with Crippen molar-refractivity contribution in [3.8, 4) is 6.07 Å². The lowest BCUT2D eigenvalue weighted by atomic mass is 10.2. The fourth-order valence-electron chi connectivity index (χ4n) is 2.78. The van der Waals surface area contributed by atoms with Crippen LogP contribution >= 0.6 is 0 Å². The Balaban J connectivity index is 1.69. The number of nitriles is 1. The molecule has 126 valence electrons. The van der Waals surface area contributed by atoms with Crippen LogP contribution in [-0.2, 0) is 6.54 Å². The third-order valence-corrected chi connectivity index (χ3v) is 4.11. The van der Waals surface area contributed by atoms with E-state index in [2.05, 4.69) is 21.5 Å². The van der Waals surface area contributed by atoms with Gasteiger partial charge < -0.3 is 5.32 Å². The van der Waals surface area contributed by atoms with E-state index in [1.54, 1.807) is 41.3 Å². The molecule has 0 bridgehead atoms. The highest BCUT2D eigenvalue weighted by molar-refractivity contribution is 5.81. The van der Waals surface area contributed by atoms with Crippen LogP contribution in [0.1, 0.15) is 11.1 Å². The molecule has 0 aliphatic heterocycles. The molecule has 5 nitrogen and oxygen atoms in total. The summed E-state index contributed by atoms with van der Waals surface area (Å²) in [6, 6.07) is 17.9. The van der Waals surface area contributed by atoms with Gasteiger partial charge in [0.25, 0.3) is 0 Å². The SMILES string of the molecule is N#Cc1ccccc1Nc1cc2c(cn1)cnn2Cc1ccccc1F. The van der Waals surface area contributed by atoms with Crippen LogP contribution in [0, 0.1) is 17.1 Å². The number of nitrogens with one attached hydrogen (secondary N) is 1. The van der Waals surface area contributed by atoms with E-state index in [-0.39, 0.29) is 5.82 Å². The van der Waals surface area contributed by atoms with Crippen molar-refractivity contribution in [3.63, 3.8) is 0 Å². The average molecular weight is 343 g/mol. The number of rotatable bonds is 4. The summed E-state index contributed by atoms with van der Waals surface area (Å²) in [5.41, 5.74) is 2.62. The molecule has 1 N–H and O–H groups in total. The van der Waals surface area contributed by atoms with Gasteiger partial charge in [-0.25, -0.2) is 9.37 Å². The van der Waals surface area contributed by atoms with Gasteiger partial charge in [0, 0.05) is 23.2 Å². The maximum Gasteiger partial charge on any atom is 0.132 e. The molecule has 2 heterocycles. The van der Waals surface area contributed by atoms with Crippen molar-refractivity contribution in [2.24, 2.45) is 0 Å². The average Bonchev–Trinajstić information content (AvgIpc) is 3.06. The zero-order chi connectivity index (χ0) is 17.9. The van der Waals surface area contributed by atoms with Crippen molar-refractivity contribution in [1.29, 1.82) is 5.26 Å². The van der Waals surface area contributed by atoms with E-state index in [1.807, 2.05) is 24.3 Å². The molecule has 2 aromatic heterocycles. The van der Waals surface area contributed by atoms with E-state index in [4.69, 9.17) is 0 Å². The van der Waals surface area contributed by atoms with E-state index < -0.39 is 0 Å². The number of fused-ring (bicyclic) bond motifs is 1. The number of nitrogens with zero attached hydrogens (tertiary/aromatic N) is 4. The Bertz CT molecular complexity index is 1130. The lowest BCUT2D eigenvalue weighted by molar-refractivity contribution is 0.590. The number of pyridine rings is 1. The lowest BCUT2D eigenvalue weighted by Gasteiger charge is -2.09. The number of anilines is 2. The van der Waals surface area contributed by atoms with Crippen LogP contribution < -0.4 is 5.32 Å². The predicted molar refractivity (Wildman–Crippen MR) is 97.5 cm³/mol. The molecule has 6 heteroatoms. The molecule has 0 fully saturated rings. The van der Waals surface area contributed by atoms with Gasteiger partial charge in [-0.3, -0.25) is 4.68 Å². The van der Waals surface area contributed by atoms with Crippen molar-refractivity contribution >= 4 is 22.4 Å². The first-order valence-electron chi connectivity index (χ1n) is 8.06. The summed E-state index contributed by atoms with van der Waals surface area (Å²) in [5.74, 6) is 0.335. The van der Waals surface area contributed by atoms with E-state index in [1.165, 1.54) is 6.07 Å². The molecule has 0 saturated carbocycles. The number of benzene rings is 2. The van der Waals surface area contributed by atoms with Crippen LogP contribution in [0.15, 0.2) is 67.0 Å². The largest absolute Gasteiger partial charge is 0.339 e. The van der Waals surface area contributed by atoms with Crippen molar-refractivity contribution < 1.29 is 4.39 Å². The summed E-state index contributed by atoms with van der Waals surface area (Å²) in [4.78, 5) is 4.37. The van der Waals surface area contributed by atoms with Crippen LogP contribution in [0.5, 0.6) is 0 Å². The first kappa shape index (κ1) is 15.8. The molecule has 0 spiro atoms. The number of hydrogen-bond acceptors (Lipinski definition) is 4. The second kappa shape index (κ2) is 6.65. The number of hydrogen-bond donors (Lipinski definition) is 1. The van der Waals surface area contributed by atoms with Crippen LogP contribution in [-0.4, -0.2) is 14.8 Å². The zero-order valence-electron chi connectivity index (χ0n) is 13.7. The number of halogens is 1. The van der Waals surface area contributed by atoms with Crippen molar-refractivity contribution in [2.75, 3.05) is 5.32 Å². The van der Waals surface area contributed by atoms with Gasteiger partial charge in [0.15, 0.2) is 0 Å². The highest BCUT2D eigenvalue weighted by atomic mass is 19.1. The molecular formula is C20H14FN5. The standard InChI is InChI=1S/C20H14FN5/c21-17-7-3-1-6-15(17)13-26-19-9-20(23-11-16(19)12-24-26)25-18-8-4-2-5-14(18)10-22/h1-9,11-12H,13H2,(H,23,25). The van der Waals surface area contributed by atoms with Crippen molar-refractivity contribution in [3.05, 3.63) is 83.9 Å². The minimum Gasteiger partial charge on any atom is -0.339 e. The minimum absolute atomic E-state index is 0.258. The molecule has 0 atom stereocenters. The predicted octanol–water partition coefficient (Wildman–Crippen LogP) is 4.23. The summed E-state index contributed by atoms with van der Waals surface area (Å²) >= 11 is 0. The fourth-order valence-corrected chi connectivity index (χ4v) is 2.78. The molecule has 0 saturated heterocycles. The molecule has 0 radical (unpaired) electrons. The van der Waals surface area contributed by atoms with Gasteiger partial charge >= 0.3 is 0 Å². The van der Waals surface area contributed by atoms with E-state index in [9.17, 15) is 9.65 Å². The van der Waals surface area contributed by atoms with Gasteiger partial charge in [0.1, 0.15) is 17.7 Å². The summed E-state index contributed by atoms with van der Waals surface area (Å²) in [6.45, 7) is 0.328.